The largest absolute Gasteiger partial charge is 0.392 e. The summed E-state index contributed by atoms with van der Waals surface area (Å²) in [7, 11) is 0. The minimum atomic E-state index is -0.238. The minimum Gasteiger partial charge on any atom is -0.392 e. The molecule has 2 N–H and O–H groups in total. The van der Waals surface area contributed by atoms with Gasteiger partial charge in [0.2, 0.25) is 0 Å². The molecule has 0 bridgehead atoms. The number of nitrogens with zero attached hydrogens (tertiary/aromatic N) is 2. The van der Waals surface area contributed by atoms with Gasteiger partial charge in [-0.05, 0) is 18.9 Å². The maximum absolute atomic E-state index is 9.53. The van der Waals surface area contributed by atoms with Gasteiger partial charge in [0.15, 0.2) is 0 Å². The highest BCUT2D eigenvalue weighted by atomic mass is 16.3. The van der Waals surface area contributed by atoms with Crippen molar-refractivity contribution >= 4 is 0 Å². The van der Waals surface area contributed by atoms with Crippen LogP contribution in [-0.4, -0.2) is 33.9 Å². The first-order valence-corrected chi connectivity index (χ1v) is 5.54. The molecule has 1 heterocycles. The zero-order valence-corrected chi connectivity index (χ0v) is 9.56. The maximum Gasteiger partial charge on any atom is 0.0945 e. The first kappa shape index (κ1) is 12.2. The molecule has 1 unspecified atom stereocenters. The molecule has 4 heteroatoms. The van der Waals surface area contributed by atoms with Gasteiger partial charge < -0.3 is 15.0 Å². The lowest BCUT2D eigenvalue weighted by Crippen LogP contribution is -2.31. The Morgan fingerprint density at radius 3 is 2.87 bits per heavy atom. The molecule has 0 aromatic carbocycles. The third kappa shape index (κ3) is 4.95. The first-order valence-electron chi connectivity index (χ1n) is 5.54. The lowest BCUT2D eigenvalue weighted by Gasteiger charge is -2.14. The average molecular weight is 211 g/mol. The maximum atomic E-state index is 9.53. The predicted molar refractivity (Wildman–Crippen MR) is 60.6 cm³/mol. The summed E-state index contributed by atoms with van der Waals surface area (Å²) < 4.78 is 2.06. The van der Waals surface area contributed by atoms with Gasteiger partial charge >= 0.3 is 0 Å². The summed E-state index contributed by atoms with van der Waals surface area (Å²) in [5.41, 5.74) is 0. The topological polar surface area (TPSA) is 50.1 Å². The Morgan fingerprint density at radius 1 is 1.47 bits per heavy atom. The van der Waals surface area contributed by atoms with Crippen LogP contribution in [0.4, 0.5) is 0 Å². The molecule has 0 saturated heterocycles. The van der Waals surface area contributed by atoms with E-state index in [4.69, 9.17) is 0 Å². The summed E-state index contributed by atoms with van der Waals surface area (Å²) in [4.78, 5) is 3.98. The molecule has 0 aliphatic rings. The number of rotatable bonds is 7. The van der Waals surface area contributed by atoms with E-state index in [1.165, 1.54) is 0 Å². The lowest BCUT2D eigenvalue weighted by molar-refractivity contribution is 0.123. The van der Waals surface area contributed by atoms with Crippen molar-refractivity contribution < 1.29 is 5.11 Å². The Kier molecular flexibility index (Phi) is 5.36. The molecule has 1 rings (SSSR count). The summed E-state index contributed by atoms with van der Waals surface area (Å²) in [5, 5.41) is 12.8. The van der Waals surface area contributed by atoms with E-state index in [2.05, 4.69) is 14.9 Å². The molecular formula is C11H21N3O. The number of aryl methyl sites for hydroxylation is 1. The van der Waals surface area contributed by atoms with Crippen LogP contribution >= 0.6 is 0 Å². The van der Waals surface area contributed by atoms with Gasteiger partial charge in [0, 0.05) is 25.5 Å². The number of aliphatic hydroxyl groups is 1. The Bertz CT molecular complexity index is 246. The average Bonchev–Trinajstić information content (AvgIpc) is 2.69. The van der Waals surface area contributed by atoms with Crippen LogP contribution in [0.15, 0.2) is 18.7 Å². The Balaban J connectivity index is 1.98. The molecule has 0 saturated carbocycles. The Hall–Kier alpha value is -0.870. The first-order chi connectivity index (χ1) is 7.20. The van der Waals surface area contributed by atoms with Gasteiger partial charge in [-0.2, -0.15) is 0 Å². The number of hydrogen-bond donors (Lipinski definition) is 2. The Labute approximate surface area is 91.3 Å². The minimum absolute atomic E-state index is 0.238. The summed E-state index contributed by atoms with van der Waals surface area (Å²) in [6, 6.07) is 0. The summed E-state index contributed by atoms with van der Waals surface area (Å²) in [6.07, 6.45) is 6.39. The fourth-order valence-electron chi connectivity index (χ4n) is 1.29. The standard InChI is InChI=1S/C11H21N3O/c1-10(2)11(15)8-12-4-3-6-14-7-5-13-9-14/h5,7,9-12,15H,3-4,6,8H2,1-2H3. The van der Waals surface area contributed by atoms with Crippen molar-refractivity contribution in [3.05, 3.63) is 18.7 Å². The van der Waals surface area contributed by atoms with E-state index in [0.717, 1.165) is 19.5 Å². The third-order valence-electron chi connectivity index (χ3n) is 2.45. The van der Waals surface area contributed by atoms with Gasteiger partial charge in [0.1, 0.15) is 0 Å². The molecule has 1 aromatic heterocycles. The third-order valence-corrected chi connectivity index (χ3v) is 2.45. The fraction of sp³-hybridized carbons (Fsp3) is 0.727. The molecule has 0 fully saturated rings. The normalized spacial score (nSPS) is 13.3. The monoisotopic (exact) mass is 211 g/mol. The Morgan fingerprint density at radius 2 is 2.27 bits per heavy atom. The predicted octanol–water partition coefficient (Wildman–Crippen LogP) is 0.880. The van der Waals surface area contributed by atoms with E-state index in [1.807, 2.05) is 26.4 Å². The second kappa shape index (κ2) is 6.58. The summed E-state index contributed by atoms with van der Waals surface area (Å²) in [5.74, 6) is 0.325. The van der Waals surface area contributed by atoms with Gasteiger partial charge in [0.25, 0.3) is 0 Å². The number of aliphatic hydroxyl groups excluding tert-OH is 1. The van der Waals surface area contributed by atoms with E-state index in [9.17, 15) is 5.11 Å². The number of imidazole rings is 1. The van der Waals surface area contributed by atoms with Crippen LogP contribution in [0.25, 0.3) is 0 Å². The van der Waals surface area contributed by atoms with E-state index in [-0.39, 0.29) is 6.10 Å². The lowest BCUT2D eigenvalue weighted by atomic mass is 10.1. The highest BCUT2D eigenvalue weighted by Crippen LogP contribution is 1.98. The molecule has 86 valence electrons. The second-order valence-corrected chi connectivity index (χ2v) is 4.17. The van der Waals surface area contributed by atoms with Crippen molar-refractivity contribution in [2.45, 2.75) is 32.9 Å². The van der Waals surface area contributed by atoms with E-state index < -0.39 is 0 Å². The van der Waals surface area contributed by atoms with Gasteiger partial charge in [-0.1, -0.05) is 13.8 Å². The molecule has 0 aliphatic heterocycles. The SMILES string of the molecule is CC(C)C(O)CNCCCn1ccnc1. The van der Waals surface area contributed by atoms with Crippen molar-refractivity contribution in [2.75, 3.05) is 13.1 Å². The van der Waals surface area contributed by atoms with Crippen molar-refractivity contribution in [1.82, 2.24) is 14.9 Å². The molecule has 4 nitrogen and oxygen atoms in total. The number of nitrogens with one attached hydrogen (secondary N) is 1. The second-order valence-electron chi connectivity index (χ2n) is 4.17. The smallest absolute Gasteiger partial charge is 0.0945 e. The molecule has 0 spiro atoms. The van der Waals surface area contributed by atoms with Crippen LogP contribution in [0, 0.1) is 5.92 Å². The van der Waals surface area contributed by atoms with Crippen molar-refractivity contribution in [1.29, 1.82) is 0 Å². The van der Waals surface area contributed by atoms with Crippen LogP contribution in [-0.2, 0) is 6.54 Å². The zero-order chi connectivity index (χ0) is 11.1. The fourth-order valence-corrected chi connectivity index (χ4v) is 1.29. The molecule has 1 atom stereocenters. The van der Waals surface area contributed by atoms with Crippen molar-refractivity contribution in [2.24, 2.45) is 5.92 Å². The van der Waals surface area contributed by atoms with Crippen LogP contribution < -0.4 is 5.32 Å². The highest BCUT2D eigenvalue weighted by Gasteiger charge is 2.07. The van der Waals surface area contributed by atoms with E-state index in [1.54, 1.807) is 6.20 Å². The van der Waals surface area contributed by atoms with Crippen LogP contribution in [0.3, 0.4) is 0 Å². The van der Waals surface area contributed by atoms with Gasteiger partial charge in [-0.3, -0.25) is 0 Å². The van der Waals surface area contributed by atoms with Gasteiger partial charge in [-0.15, -0.1) is 0 Å². The molecular weight excluding hydrogens is 190 g/mol. The van der Waals surface area contributed by atoms with Crippen molar-refractivity contribution in [3.8, 4) is 0 Å². The van der Waals surface area contributed by atoms with E-state index >= 15 is 0 Å². The molecule has 1 aromatic rings. The van der Waals surface area contributed by atoms with Crippen LogP contribution in [0.2, 0.25) is 0 Å². The van der Waals surface area contributed by atoms with Gasteiger partial charge in [0.05, 0.1) is 12.4 Å². The van der Waals surface area contributed by atoms with Crippen LogP contribution in [0.5, 0.6) is 0 Å². The van der Waals surface area contributed by atoms with Gasteiger partial charge in [-0.25, -0.2) is 4.98 Å². The molecule has 0 amide bonds. The van der Waals surface area contributed by atoms with Crippen LogP contribution in [0.1, 0.15) is 20.3 Å². The molecule has 0 aliphatic carbocycles. The number of aromatic nitrogens is 2. The zero-order valence-electron chi connectivity index (χ0n) is 9.56. The molecule has 15 heavy (non-hydrogen) atoms. The highest BCUT2D eigenvalue weighted by molar-refractivity contribution is 4.73. The van der Waals surface area contributed by atoms with E-state index in [0.29, 0.717) is 12.5 Å². The number of hydrogen-bond acceptors (Lipinski definition) is 3. The quantitative estimate of drug-likeness (QED) is 0.658. The van der Waals surface area contributed by atoms with Crippen molar-refractivity contribution in [3.63, 3.8) is 0 Å². The molecule has 0 radical (unpaired) electrons. The summed E-state index contributed by atoms with van der Waals surface area (Å²) in [6.45, 7) is 6.64. The summed E-state index contributed by atoms with van der Waals surface area (Å²) >= 11 is 0.